The topological polar surface area (TPSA) is 0 Å². The fraction of sp³-hybridized carbons (Fsp3) is 0.381. The second-order valence-electron chi connectivity index (χ2n) is 6.11. The number of hydrogen-bond acceptors (Lipinski definition) is 0. The highest BCUT2D eigenvalue weighted by Gasteiger charge is 2.11. The minimum atomic E-state index is 1.14. The molecule has 1 heteroatoms. The Morgan fingerprint density at radius 1 is 0.864 bits per heavy atom. The smallest absolute Gasteiger partial charge is 0.00993 e. The van der Waals surface area contributed by atoms with Crippen LogP contribution in [0.3, 0.4) is 0 Å². The van der Waals surface area contributed by atoms with E-state index < -0.39 is 0 Å². The third-order valence-electron chi connectivity index (χ3n) is 4.41. The van der Waals surface area contributed by atoms with Crippen molar-refractivity contribution in [3.63, 3.8) is 0 Å². The molecule has 3 rings (SSSR count). The van der Waals surface area contributed by atoms with E-state index >= 15 is 0 Å². The molecule has 0 aliphatic carbocycles. The molecule has 22 heavy (non-hydrogen) atoms. The summed E-state index contributed by atoms with van der Waals surface area (Å²) in [6, 6.07) is 13.9. The zero-order chi connectivity index (χ0) is 15.5. The predicted octanol–water partition coefficient (Wildman–Crippen LogP) is 7.04. The lowest BCUT2D eigenvalue weighted by molar-refractivity contribution is 0.902. The summed E-state index contributed by atoms with van der Waals surface area (Å²) in [4.78, 5) is 0. The van der Waals surface area contributed by atoms with Crippen LogP contribution in [0.5, 0.6) is 0 Å². The molecule has 0 aliphatic heterocycles. The molecule has 0 saturated carbocycles. The number of benzene rings is 2. The van der Waals surface area contributed by atoms with Crippen LogP contribution in [0, 0.1) is 0 Å². The lowest BCUT2D eigenvalue weighted by Crippen LogP contribution is -1.94. The van der Waals surface area contributed by atoms with E-state index in [0.717, 1.165) is 6.42 Å². The van der Waals surface area contributed by atoms with E-state index in [0.29, 0.717) is 0 Å². The maximum absolute atomic E-state index is 2.47. The molecule has 1 heterocycles. The summed E-state index contributed by atoms with van der Waals surface area (Å²) in [5, 5.41) is 7.57. The van der Waals surface area contributed by atoms with Crippen molar-refractivity contribution in [1.82, 2.24) is 0 Å². The van der Waals surface area contributed by atoms with Crippen molar-refractivity contribution in [1.29, 1.82) is 0 Å². The molecule has 0 saturated heterocycles. The monoisotopic (exact) mass is 308 g/mol. The van der Waals surface area contributed by atoms with Crippen LogP contribution in [0.4, 0.5) is 0 Å². The van der Waals surface area contributed by atoms with E-state index in [2.05, 4.69) is 57.2 Å². The molecule has 2 aromatic carbocycles. The third kappa shape index (κ3) is 2.77. The van der Waals surface area contributed by atoms with E-state index in [1.54, 1.807) is 10.9 Å². The summed E-state index contributed by atoms with van der Waals surface area (Å²) in [6.07, 6.45) is 5.95. The van der Waals surface area contributed by atoms with Gasteiger partial charge in [0.15, 0.2) is 0 Å². The molecule has 0 spiro atoms. The molecule has 0 amide bonds. The van der Waals surface area contributed by atoms with Gasteiger partial charge in [-0.1, -0.05) is 72.1 Å². The molecule has 0 aliphatic rings. The lowest BCUT2D eigenvalue weighted by Gasteiger charge is -2.15. The zero-order valence-electron chi connectivity index (χ0n) is 13.9. The Hall–Kier alpha value is -1.39. The van der Waals surface area contributed by atoms with Crippen LogP contribution in [-0.4, -0.2) is 0 Å². The summed E-state index contributed by atoms with van der Waals surface area (Å²) in [7, 11) is 1.41. The van der Waals surface area contributed by atoms with Crippen molar-refractivity contribution in [2.24, 2.45) is 0 Å². The van der Waals surface area contributed by atoms with E-state index in [1.807, 2.05) is 0 Å². The normalized spacial score (nSPS) is 11.8. The average Bonchev–Trinajstić information content (AvgIpc) is 2.54. The van der Waals surface area contributed by atoms with Crippen molar-refractivity contribution >= 4 is 29.5 Å². The Balaban J connectivity index is 2.43. The van der Waals surface area contributed by atoms with Crippen LogP contribution >= 0.6 is 8.19 Å². The molecule has 0 bridgehead atoms. The van der Waals surface area contributed by atoms with Gasteiger partial charge in [0.05, 0.1) is 0 Å². The number of fused-ring (bicyclic) bond motifs is 3. The second-order valence-corrected chi connectivity index (χ2v) is 7.35. The van der Waals surface area contributed by atoms with Gasteiger partial charge >= 0.3 is 0 Å². The van der Waals surface area contributed by atoms with Crippen LogP contribution in [0.2, 0.25) is 0 Å². The molecular weight excluding hydrogens is 283 g/mol. The Bertz CT molecular complexity index is 802. The van der Waals surface area contributed by atoms with Gasteiger partial charge in [0.1, 0.15) is 0 Å². The van der Waals surface area contributed by atoms with E-state index in [9.17, 15) is 0 Å². The molecule has 0 N–H and O–H groups in total. The van der Waals surface area contributed by atoms with Crippen LogP contribution < -0.4 is 0 Å². The van der Waals surface area contributed by atoms with E-state index in [-0.39, 0.29) is 0 Å². The average molecular weight is 308 g/mol. The standard InChI is InChI=1S/C21H25P/c1-4-9-15-13-16(10-5-2)21-17-11-7-8-12-20(17)22-19(6-3)18(21)14-15/h7-8,11-14H,4-6,9-10H2,1-3H3. The summed E-state index contributed by atoms with van der Waals surface area (Å²) in [6.45, 7) is 6.86. The zero-order valence-corrected chi connectivity index (χ0v) is 14.8. The maximum atomic E-state index is 2.47. The molecule has 0 atom stereocenters. The summed E-state index contributed by atoms with van der Waals surface area (Å²) >= 11 is 0. The fourth-order valence-corrected chi connectivity index (χ4v) is 4.68. The molecule has 0 radical (unpaired) electrons. The molecule has 3 aromatic rings. The largest absolute Gasteiger partial charge is 0.0651 e. The third-order valence-corrected chi connectivity index (χ3v) is 5.87. The highest BCUT2D eigenvalue weighted by molar-refractivity contribution is 7.38. The minimum Gasteiger partial charge on any atom is -0.0651 e. The first-order valence-corrected chi connectivity index (χ1v) is 9.51. The van der Waals surface area contributed by atoms with Crippen molar-refractivity contribution in [2.75, 3.05) is 0 Å². The van der Waals surface area contributed by atoms with Gasteiger partial charge in [0.25, 0.3) is 0 Å². The number of rotatable bonds is 5. The predicted molar refractivity (Wildman–Crippen MR) is 101 cm³/mol. The van der Waals surface area contributed by atoms with Gasteiger partial charge < -0.3 is 0 Å². The highest BCUT2D eigenvalue weighted by Crippen LogP contribution is 2.39. The Morgan fingerprint density at radius 3 is 2.36 bits per heavy atom. The molecule has 0 unspecified atom stereocenters. The minimum absolute atomic E-state index is 1.14. The van der Waals surface area contributed by atoms with Gasteiger partial charge in [0, 0.05) is 5.12 Å². The van der Waals surface area contributed by atoms with Crippen molar-refractivity contribution in [2.45, 2.75) is 52.9 Å². The van der Waals surface area contributed by atoms with Gasteiger partial charge in [-0.25, -0.2) is 0 Å². The molecule has 114 valence electrons. The van der Waals surface area contributed by atoms with Crippen LogP contribution in [-0.2, 0) is 19.3 Å². The molecule has 0 fully saturated rings. The second kappa shape index (κ2) is 6.80. The van der Waals surface area contributed by atoms with Crippen LogP contribution in [0.25, 0.3) is 21.3 Å². The SMILES string of the molecule is CCCc1cc(CCC)c2c(c1)c(CC)pc1ccccc12. The first kappa shape index (κ1) is 15.5. The fourth-order valence-electron chi connectivity index (χ4n) is 3.47. The Kier molecular flexibility index (Phi) is 4.79. The van der Waals surface area contributed by atoms with Gasteiger partial charge in [-0.3, -0.25) is 0 Å². The summed E-state index contributed by atoms with van der Waals surface area (Å²) in [5.74, 6) is 0. The van der Waals surface area contributed by atoms with E-state index in [4.69, 9.17) is 0 Å². The first-order valence-electron chi connectivity index (χ1n) is 8.61. The number of hydrogen-bond donors (Lipinski definition) is 0. The Morgan fingerprint density at radius 2 is 1.64 bits per heavy atom. The Labute approximate surface area is 135 Å². The van der Waals surface area contributed by atoms with E-state index in [1.165, 1.54) is 60.7 Å². The van der Waals surface area contributed by atoms with Crippen molar-refractivity contribution in [3.05, 3.63) is 52.8 Å². The molecule has 0 nitrogen and oxygen atoms in total. The summed E-state index contributed by atoms with van der Waals surface area (Å²) in [5.41, 5.74) is 3.07. The quantitative estimate of drug-likeness (QED) is 0.443. The molecular formula is C21H25P. The number of aryl methyl sites for hydroxylation is 3. The summed E-state index contributed by atoms with van der Waals surface area (Å²) < 4.78 is 0. The lowest BCUT2D eigenvalue weighted by atomic mass is 9.94. The van der Waals surface area contributed by atoms with Crippen LogP contribution in [0.1, 0.15) is 50.0 Å². The maximum Gasteiger partial charge on any atom is 0.00993 e. The van der Waals surface area contributed by atoms with Gasteiger partial charge in [-0.05, 0) is 57.9 Å². The van der Waals surface area contributed by atoms with Crippen molar-refractivity contribution < 1.29 is 0 Å². The van der Waals surface area contributed by atoms with Gasteiger partial charge in [-0.15, -0.1) is 0 Å². The van der Waals surface area contributed by atoms with Crippen molar-refractivity contribution in [3.8, 4) is 0 Å². The van der Waals surface area contributed by atoms with Gasteiger partial charge in [0.2, 0.25) is 0 Å². The highest BCUT2D eigenvalue weighted by atomic mass is 31.0. The molecule has 1 aromatic heterocycles. The van der Waals surface area contributed by atoms with Gasteiger partial charge in [-0.2, -0.15) is 0 Å². The first-order chi connectivity index (χ1) is 10.8. The van der Waals surface area contributed by atoms with Crippen LogP contribution in [0.15, 0.2) is 36.4 Å².